The largest absolute Gasteiger partial charge is 0.0622 e. The van der Waals surface area contributed by atoms with Gasteiger partial charge >= 0.3 is 0 Å². The molecule has 1 aliphatic carbocycles. The molecular formula is C12H16. The van der Waals surface area contributed by atoms with Crippen LogP contribution >= 0.6 is 0 Å². The Kier molecular flexibility index (Phi) is 1.92. The predicted molar refractivity (Wildman–Crippen MR) is 52.3 cm³/mol. The summed E-state index contributed by atoms with van der Waals surface area (Å²) in [7, 11) is 0. The molecule has 1 aliphatic rings. The minimum Gasteiger partial charge on any atom is -0.0622 e. The molecule has 0 aromatic heterocycles. The van der Waals surface area contributed by atoms with Crippen LogP contribution in [0.4, 0.5) is 0 Å². The smallest absolute Gasteiger partial charge is 0.0185 e. The molecule has 0 unspecified atom stereocenters. The van der Waals surface area contributed by atoms with Crippen molar-refractivity contribution in [2.75, 3.05) is 0 Å². The summed E-state index contributed by atoms with van der Waals surface area (Å²) in [4.78, 5) is 0. The lowest BCUT2D eigenvalue weighted by molar-refractivity contribution is 0.450. The molecule has 2 rings (SSSR count). The normalized spacial score (nSPS) is 28.2. The van der Waals surface area contributed by atoms with Crippen LogP contribution < -0.4 is 0 Å². The van der Waals surface area contributed by atoms with E-state index in [0.717, 1.165) is 11.8 Å². The molecule has 0 nitrogen and oxygen atoms in total. The van der Waals surface area contributed by atoms with Crippen LogP contribution in [-0.2, 0) is 6.42 Å². The molecule has 0 amide bonds. The number of benzene rings is 1. The van der Waals surface area contributed by atoms with Crippen molar-refractivity contribution in [1.82, 2.24) is 0 Å². The first-order chi connectivity index (χ1) is 5.77. The topological polar surface area (TPSA) is 0 Å². The summed E-state index contributed by atoms with van der Waals surface area (Å²) in [5.74, 6) is 1.64. The molecule has 1 aromatic rings. The van der Waals surface area contributed by atoms with Gasteiger partial charge in [-0.3, -0.25) is 0 Å². The summed E-state index contributed by atoms with van der Waals surface area (Å²) < 4.78 is 0. The minimum absolute atomic E-state index is 0.768. The first-order valence-electron chi connectivity index (χ1n) is 4.85. The van der Waals surface area contributed by atoms with Gasteiger partial charge in [0.05, 0.1) is 0 Å². The maximum absolute atomic E-state index is 2.35. The maximum Gasteiger partial charge on any atom is -0.0185 e. The van der Waals surface area contributed by atoms with Crippen LogP contribution in [0.3, 0.4) is 0 Å². The zero-order chi connectivity index (χ0) is 8.55. The highest BCUT2D eigenvalue weighted by molar-refractivity contribution is 5.32. The van der Waals surface area contributed by atoms with Gasteiger partial charge in [-0.05, 0) is 35.8 Å². The quantitative estimate of drug-likeness (QED) is 0.546. The van der Waals surface area contributed by atoms with Crippen LogP contribution in [-0.4, -0.2) is 0 Å². The molecule has 0 saturated carbocycles. The van der Waals surface area contributed by atoms with Gasteiger partial charge in [0.15, 0.2) is 0 Å². The highest BCUT2D eigenvalue weighted by atomic mass is 14.2. The molecule has 12 heavy (non-hydrogen) atoms. The fourth-order valence-corrected chi connectivity index (χ4v) is 2.39. The summed E-state index contributed by atoms with van der Waals surface area (Å²) in [5, 5.41) is 0. The van der Waals surface area contributed by atoms with Gasteiger partial charge in [-0.25, -0.2) is 0 Å². The first-order valence-corrected chi connectivity index (χ1v) is 4.85. The van der Waals surface area contributed by atoms with E-state index in [2.05, 4.69) is 38.1 Å². The zero-order valence-electron chi connectivity index (χ0n) is 7.88. The molecule has 1 aromatic carbocycles. The van der Waals surface area contributed by atoms with Gasteiger partial charge in [-0.15, -0.1) is 0 Å². The van der Waals surface area contributed by atoms with Gasteiger partial charge in [0.1, 0.15) is 0 Å². The van der Waals surface area contributed by atoms with Gasteiger partial charge in [0, 0.05) is 0 Å². The average molecular weight is 160 g/mol. The lowest BCUT2D eigenvalue weighted by Gasteiger charge is -2.26. The average Bonchev–Trinajstić information content (AvgIpc) is 2.04. The molecule has 0 radical (unpaired) electrons. The number of hydrogen-bond acceptors (Lipinski definition) is 0. The maximum atomic E-state index is 2.35. The van der Waals surface area contributed by atoms with E-state index < -0.39 is 0 Å². The SMILES string of the molecule is C[C@H]1Cc2ccccc2[C@@H](C)C1. The summed E-state index contributed by atoms with van der Waals surface area (Å²) in [6.45, 7) is 4.70. The molecule has 0 heteroatoms. The monoisotopic (exact) mass is 160 g/mol. The van der Waals surface area contributed by atoms with Crippen molar-refractivity contribution in [3.8, 4) is 0 Å². The molecule has 0 aliphatic heterocycles. The molecule has 2 atom stereocenters. The Morgan fingerprint density at radius 3 is 2.75 bits per heavy atom. The Bertz CT molecular complexity index is 275. The van der Waals surface area contributed by atoms with E-state index in [1.165, 1.54) is 12.8 Å². The van der Waals surface area contributed by atoms with E-state index in [-0.39, 0.29) is 0 Å². The minimum atomic E-state index is 0.768. The van der Waals surface area contributed by atoms with Crippen LogP contribution in [0.5, 0.6) is 0 Å². The highest BCUT2D eigenvalue weighted by Gasteiger charge is 2.19. The summed E-state index contributed by atoms with van der Waals surface area (Å²) in [5.41, 5.74) is 3.15. The van der Waals surface area contributed by atoms with Crippen molar-refractivity contribution in [3.05, 3.63) is 35.4 Å². The van der Waals surface area contributed by atoms with Crippen LogP contribution in [0.1, 0.15) is 37.3 Å². The van der Waals surface area contributed by atoms with Gasteiger partial charge < -0.3 is 0 Å². The van der Waals surface area contributed by atoms with Gasteiger partial charge in [-0.1, -0.05) is 38.1 Å². The Morgan fingerprint density at radius 2 is 1.92 bits per heavy atom. The van der Waals surface area contributed by atoms with Crippen molar-refractivity contribution >= 4 is 0 Å². The second-order valence-corrected chi connectivity index (χ2v) is 4.14. The molecule has 0 bridgehead atoms. The molecule has 0 saturated heterocycles. The molecular weight excluding hydrogens is 144 g/mol. The molecule has 0 spiro atoms. The molecule has 0 N–H and O–H groups in total. The lowest BCUT2D eigenvalue weighted by Crippen LogP contribution is -2.14. The van der Waals surface area contributed by atoms with E-state index in [4.69, 9.17) is 0 Å². The lowest BCUT2D eigenvalue weighted by atomic mass is 9.79. The summed E-state index contributed by atoms with van der Waals surface area (Å²) >= 11 is 0. The van der Waals surface area contributed by atoms with Gasteiger partial charge in [0.25, 0.3) is 0 Å². The van der Waals surface area contributed by atoms with Crippen LogP contribution in [0.25, 0.3) is 0 Å². The third-order valence-corrected chi connectivity index (χ3v) is 2.91. The Balaban J connectivity index is 2.40. The van der Waals surface area contributed by atoms with Crippen molar-refractivity contribution in [2.45, 2.75) is 32.6 Å². The fourth-order valence-electron chi connectivity index (χ4n) is 2.39. The third-order valence-electron chi connectivity index (χ3n) is 2.91. The molecule has 0 fully saturated rings. The summed E-state index contributed by atoms with van der Waals surface area (Å²) in [6.07, 6.45) is 2.64. The van der Waals surface area contributed by atoms with E-state index in [9.17, 15) is 0 Å². The van der Waals surface area contributed by atoms with Crippen molar-refractivity contribution in [3.63, 3.8) is 0 Å². The van der Waals surface area contributed by atoms with E-state index in [1.54, 1.807) is 11.1 Å². The van der Waals surface area contributed by atoms with Crippen molar-refractivity contribution in [1.29, 1.82) is 0 Å². The first kappa shape index (κ1) is 7.85. The Morgan fingerprint density at radius 1 is 1.17 bits per heavy atom. The number of hydrogen-bond donors (Lipinski definition) is 0. The van der Waals surface area contributed by atoms with Crippen LogP contribution in [0.2, 0.25) is 0 Å². The Hall–Kier alpha value is -0.780. The number of rotatable bonds is 0. The molecule has 0 heterocycles. The number of fused-ring (bicyclic) bond motifs is 1. The Labute approximate surface area is 74.6 Å². The van der Waals surface area contributed by atoms with Crippen LogP contribution in [0.15, 0.2) is 24.3 Å². The van der Waals surface area contributed by atoms with E-state index in [0.29, 0.717) is 0 Å². The highest BCUT2D eigenvalue weighted by Crippen LogP contribution is 2.33. The van der Waals surface area contributed by atoms with Crippen LogP contribution in [0, 0.1) is 5.92 Å². The van der Waals surface area contributed by atoms with Crippen molar-refractivity contribution < 1.29 is 0 Å². The van der Waals surface area contributed by atoms with E-state index >= 15 is 0 Å². The zero-order valence-corrected chi connectivity index (χ0v) is 7.88. The fraction of sp³-hybridized carbons (Fsp3) is 0.500. The standard InChI is InChI=1S/C12H16/c1-9-7-10(2)12-6-4-3-5-11(12)8-9/h3-6,9-10H,7-8H2,1-2H3/t9-,10+/m1/s1. The van der Waals surface area contributed by atoms with Gasteiger partial charge in [-0.2, -0.15) is 0 Å². The predicted octanol–water partition coefficient (Wildman–Crippen LogP) is 3.37. The molecule has 64 valence electrons. The third kappa shape index (κ3) is 1.26. The second-order valence-electron chi connectivity index (χ2n) is 4.14. The van der Waals surface area contributed by atoms with E-state index in [1.807, 2.05) is 0 Å². The summed E-state index contributed by atoms with van der Waals surface area (Å²) in [6, 6.07) is 8.88. The second kappa shape index (κ2) is 2.93. The van der Waals surface area contributed by atoms with Crippen molar-refractivity contribution in [2.24, 2.45) is 5.92 Å². The van der Waals surface area contributed by atoms with Gasteiger partial charge in [0.2, 0.25) is 0 Å².